The van der Waals surface area contributed by atoms with E-state index in [1.165, 1.54) is 0 Å². The molecule has 6 nitrogen and oxygen atoms in total. The van der Waals surface area contributed by atoms with Crippen molar-refractivity contribution < 1.29 is 14.0 Å². The molecule has 1 heterocycles. The van der Waals surface area contributed by atoms with Crippen molar-refractivity contribution in [3.8, 4) is 34.3 Å². The molecule has 0 saturated heterocycles. The van der Waals surface area contributed by atoms with Crippen molar-refractivity contribution in [3.63, 3.8) is 0 Å². The zero-order chi connectivity index (χ0) is 22.2. The smallest absolute Gasteiger partial charge is 0.256 e. The number of ether oxygens (including phenoxy) is 2. The van der Waals surface area contributed by atoms with Gasteiger partial charge in [0.25, 0.3) is 5.89 Å². The predicted molar refractivity (Wildman–Crippen MR) is 125 cm³/mol. The van der Waals surface area contributed by atoms with E-state index in [1.807, 2.05) is 38.1 Å². The first kappa shape index (κ1) is 22.8. The maximum Gasteiger partial charge on any atom is 0.256 e. The number of halogens is 1. The Labute approximate surface area is 191 Å². The van der Waals surface area contributed by atoms with Crippen molar-refractivity contribution in [2.45, 2.75) is 46.1 Å². The van der Waals surface area contributed by atoms with Gasteiger partial charge in [-0.1, -0.05) is 28.0 Å². The first-order valence-electron chi connectivity index (χ1n) is 10.4. The van der Waals surface area contributed by atoms with Crippen molar-refractivity contribution in [1.82, 2.24) is 10.1 Å². The fraction of sp³-hybridized carbons (Fsp3) is 0.375. The van der Waals surface area contributed by atoms with Gasteiger partial charge in [-0.05, 0) is 75.1 Å². The Morgan fingerprint density at radius 3 is 2.71 bits per heavy atom. The molecule has 0 aliphatic carbocycles. The highest BCUT2D eigenvalue weighted by Crippen LogP contribution is 2.34. The summed E-state index contributed by atoms with van der Waals surface area (Å²) in [7, 11) is 0. The van der Waals surface area contributed by atoms with Crippen LogP contribution < -0.4 is 9.47 Å². The van der Waals surface area contributed by atoms with E-state index in [1.54, 1.807) is 12.1 Å². The number of alkyl halides is 1. The lowest BCUT2D eigenvalue weighted by atomic mass is 10.0. The first-order valence-corrected chi connectivity index (χ1v) is 11.5. The average molecular weight is 484 g/mol. The van der Waals surface area contributed by atoms with Crippen LogP contribution >= 0.6 is 15.9 Å². The Bertz CT molecular complexity index is 1060. The van der Waals surface area contributed by atoms with E-state index in [2.05, 4.69) is 37.8 Å². The third-order valence-electron chi connectivity index (χ3n) is 4.61. The zero-order valence-electron chi connectivity index (χ0n) is 18.0. The zero-order valence-corrected chi connectivity index (χ0v) is 19.6. The van der Waals surface area contributed by atoms with Gasteiger partial charge < -0.3 is 14.0 Å². The van der Waals surface area contributed by atoms with Gasteiger partial charge >= 0.3 is 0 Å². The molecule has 162 valence electrons. The highest BCUT2D eigenvalue weighted by molar-refractivity contribution is 9.09. The van der Waals surface area contributed by atoms with Gasteiger partial charge in [-0.2, -0.15) is 4.98 Å². The average Bonchev–Trinajstić information content (AvgIpc) is 3.26. The Morgan fingerprint density at radius 1 is 1.16 bits per heavy atom. The summed E-state index contributed by atoms with van der Waals surface area (Å²) in [6, 6.07) is 11.3. The van der Waals surface area contributed by atoms with Crippen LogP contribution in [0.4, 0.5) is 5.69 Å². The second kappa shape index (κ2) is 11.0. The number of hydrogen-bond donors (Lipinski definition) is 0. The molecule has 0 atom stereocenters. The van der Waals surface area contributed by atoms with Crippen LogP contribution in [0.25, 0.3) is 27.7 Å². The summed E-state index contributed by atoms with van der Waals surface area (Å²) >= 11 is 3.43. The second-order valence-corrected chi connectivity index (χ2v) is 8.09. The molecule has 0 saturated carbocycles. The standard InChI is InChI=1S/C24H26BrN3O3/c1-5-17-14-19(29-13-7-6-12-25)9-10-20(17)23-27-24(31-28-23)18-8-11-22(30-16(2)3)21(15-18)26-4/h8-11,14-16H,5-7,12-13H2,1-3H3. The van der Waals surface area contributed by atoms with Crippen molar-refractivity contribution in [2.75, 3.05) is 11.9 Å². The number of rotatable bonds is 10. The molecule has 0 aliphatic heterocycles. The van der Waals surface area contributed by atoms with Gasteiger partial charge in [0.2, 0.25) is 11.5 Å². The van der Waals surface area contributed by atoms with Crippen molar-refractivity contribution in [1.29, 1.82) is 0 Å². The van der Waals surface area contributed by atoms with Gasteiger partial charge in [0, 0.05) is 16.5 Å². The molecule has 0 aliphatic rings. The van der Waals surface area contributed by atoms with Crippen LogP contribution in [0, 0.1) is 6.57 Å². The molecule has 3 rings (SSSR count). The van der Waals surface area contributed by atoms with Gasteiger partial charge in [-0.15, -0.1) is 0 Å². The van der Waals surface area contributed by atoms with E-state index >= 15 is 0 Å². The summed E-state index contributed by atoms with van der Waals surface area (Å²) in [5.74, 6) is 2.28. The predicted octanol–water partition coefficient (Wildman–Crippen LogP) is 6.86. The van der Waals surface area contributed by atoms with E-state index in [4.69, 9.17) is 20.6 Å². The topological polar surface area (TPSA) is 61.7 Å². The van der Waals surface area contributed by atoms with Crippen LogP contribution in [0.1, 0.15) is 39.2 Å². The minimum absolute atomic E-state index is 0.00910. The van der Waals surface area contributed by atoms with Crippen LogP contribution in [0.2, 0.25) is 0 Å². The third-order valence-corrected chi connectivity index (χ3v) is 5.17. The lowest BCUT2D eigenvalue weighted by Crippen LogP contribution is -2.05. The summed E-state index contributed by atoms with van der Waals surface area (Å²) in [6.45, 7) is 14.1. The summed E-state index contributed by atoms with van der Waals surface area (Å²) in [5, 5.41) is 5.16. The Morgan fingerprint density at radius 2 is 2.00 bits per heavy atom. The molecule has 0 N–H and O–H groups in total. The first-order chi connectivity index (χ1) is 15.0. The van der Waals surface area contributed by atoms with Gasteiger partial charge in [-0.3, -0.25) is 0 Å². The fourth-order valence-electron chi connectivity index (χ4n) is 3.10. The molecule has 1 aromatic heterocycles. The molecule has 0 fully saturated rings. The van der Waals surface area contributed by atoms with E-state index in [9.17, 15) is 0 Å². The summed E-state index contributed by atoms with van der Waals surface area (Å²) in [4.78, 5) is 8.14. The van der Waals surface area contributed by atoms with Crippen molar-refractivity contribution >= 4 is 21.6 Å². The minimum atomic E-state index is -0.00910. The van der Waals surface area contributed by atoms with E-state index in [0.717, 1.165) is 41.5 Å². The monoisotopic (exact) mass is 483 g/mol. The molecular formula is C24H26BrN3O3. The number of hydrogen-bond acceptors (Lipinski definition) is 5. The maximum absolute atomic E-state index is 7.44. The van der Waals surface area contributed by atoms with Crippen LogP contribution in [-0.2, 0) is 6.42 Å². The van der Waals surface area contributed by atoms with E-state index in [0.29, 0.717) is 35.3 Å². The Kier molecular flexibility index (Phi) is 8.07. The Hall–Kier alpha value is -2.85. The second-order valence-electron chi connectivity index (χ2n) is 7.30. The van der Waals surface area contributed by atoms with Crippen LogP contribution in [0.15, 0.2) is 40.9 Å². The van der Waals surface area contributed by atoms with Gasteiger partial charge in [0.1, 0.15) is 11.5 Å². The molecule has 31 heavy (non-hydrogen) atoms. The van der Waals surface area contributed by atoms with Crippen molar-refractivity contribution in [3.05, 3.63) is 53.4 Å². The van der Waals surface area contributed by atoms with Crippen LogP contribution in [0.3, 0.4) is 0 Å². The maximum atomic E-state index is 7.44. The summed E-state index contributed by atoms with van der Waals surface area (Å²) in [6.07, 6.45) is 2.91. The molecule has 0 radical (unpaired) electrons. The van der Waals surface area contributed by atoms with Crippen LogP contribution in [-0.4, -0.2) is 28.2 Å². The number of aryl methyl sites for hydroxylation is 1. The third kappa shape index (κ3) is 5.86. The van der Waals surface area contributed by atoms with Gasteiger partial charge in [0.05, 0.1) is 19.3 Å². The van der Waals surface area contributed by atoms with Crippen molar-refractivity contribution in [2.24, 2.45) is 0 Å². The lowest BCUT2D eigenvalue weighted by Gasteiger charge is -2.11. The normalized spacial score (nSPS) is 10.8. The largest absolute Gasteiger partial charge is 0.502 e. The SMILES string of the molecule is [C-]#[N+]c1cc(-c2nc(-c3ccc(OCCCCBr)cc3CC)no2)ccc1OC(C)C. The number of unbranched alkanes of at least 4 members (excludes halogenated alkanes) is 1. The molecule has 0 bridgehead atoms. The van der Waals surface area contributed by atoms with E-state index in [-0.39, 0.29) is 6.10 Å². The molecule has 2 aromatic carbocycles. The Balaban J connectivity index is 1.82. The quantitative estimate of drug-likeness (QED) is 0.179. The fourth-order valence-corrected chi connectivity index (χ4v) is 3.50. The summed E-state index contributed by atoms with van der Waals surface area (Å²) < 4.78 is 17.1. The number of benzene rings is 2. The van der Waals surface area contributed by atoms with E-state index < -0.39 is 0 Å². The minimum Gasteiger partial charge on any atom is -0.502 e. The number of aromatic nitrogens is 2. The number of nitrogens with zero attached hydrogens (tertiary/aromatic N) is 3. The molecular weight excluding hydrogens is 458 g/mol. The van der Waals surface area contributed by atoms with Gasteiger partial charge in [-0.25, -0.2) is 4.85 Å². The molecule has 0 unspecified atom stereocenters. The molecule has 7 heteroatoms. The van der Waals surface area contributed by atoms with Crippen LogP contribution in [0.5, 0.6) is 11.5 Å². The molecule has 0 spiro atoms. The lowest BCUT2D eigenvalue weighted by molar-refractivity contribution is 0.244. The molecule has 0 amide bonds. The highest BCUT2D eigenvalue weighted by atomic mass is 79.9. The molecule has 3 aromatic rings. The summed E-state index contributed by atoms with van der Waals surface area (Å²) in [5.41, 5.74) is 3.11. The highest BCUT2D eigenvalue weighted by Gasteiger charge is 2.16. The van der Waals surface area contributed by atoms with Gasteiger partial charge in [0.15, 0.2) is 0 Å².